The van der Waals surface area contributed by atoms with Crippen molar-refractivity contribution in [1.82, 2.24) is 14.2 Å². The fourth-order valence-corrected chi connectivity index (χ4v) is 4.79. The Hall–Kier alpha value is -2.50. The fraction of sp³-hybridized carbons (Fsp3) is 0.350. The number of anilines is 1. The summed E-state index contributed by atoms with van der Waals surface area (Å²) < 4.78 is 39.2. The molecule has 31 heavy (non-hydrogen) atoms. The molecule has 8 nitrogen and oxygen atoms in total. The molecule has 0 fully saturated rings. The Morgan fingerprint density at radius 3 is 2.29 bits per heavy atom. The Bertz CT molecular complexity index is 995. The molecule has 0 bridgehead atoms. The van der Waals surface area contributed by atoms with E-state index in [-0.39, 0.29) is 23.1 Å². The summed E-state index contributed by atoms with van der Waals surface area (Å²) >= 11 is 1.14. The maximum Gasteiger partial charge on any atom is 0.244 e. The summed E-state index contributed by atoms with van der Waals surface area (Å²) in [6.45, 7) is 4.10. The number of sulfonamides is 1. The van der Waals surface area contributed by atoms with Crippen molar-refractivity contribution in [3.8, 4) is 0 Å². The summed E-state index contributed by atoms with van der Waals surface area (Å²) in [6, 6.07) is 8.34. The number of likely N-dealkylation sites (N-methyl/N-ethyl adjacent to an activating group) is 1. The molecule has 0 aliphatic rings. The third-order valence-corrected chi connectivity index (χ3v) is 7.29. The lowest BCUT2D eigenvalue weighted by Crippen LogP contribution is -2.35. The van der Waals surface area contributed by atoms with Crippen molar-refractivity contribution in [1.29, 1.82) is 0 Å². The summed E-state index contributed by atoms with van der Waals surface area (Å²) in [5.74, 6) is -1.07. The van der Waals surface area contributed by atoms with Crippen molar-refractivity contribution >= 4 is 39.3 Å². The van der Waals surface area contributed by atoms with Crippen LogP contribution in [0.4, 0.5) is 10.1 Å². The molecule has 1 aromatic heterocycles. The van der Waals surface area contributed by atoms with E-state index in [4.69, 9.17) is 0 Å². The zero-order valence-electron chi connectivity index (χ0n) is 17.5. The van der Waals surface area contributed by atoms with Crippen LogP contribution in [0.15, 0.2) is 52.5 Å². The zero-order chi connectivity index (χ0) is 23.0. The number of carbonyl (C=O) groups is 2. The van der Waals surface area contributed by atoms with Crippen LogP contribution >= 0.6 is 11.8 Å². The number of hydrogen-bond donors (Lipinski definition) is 1. The van der Waals surface area contributed by atoms with E-state index in [2.05, 4.69) is 10.3 Å². The minimum atomic E-state index is -3.58. The van der Waals surface area contributed by atoms with Gasteiger partial charge in [-0.25, -0.2) is 17.8 Å². The Morgan fingerprint density at radius 2 is 1.74 bits per heavy atom. The molecule has 2 rings (SSSR count). The second-order valence-electron chi connectivity index (χ2n) is 6.52. The van der Waals surface area contributed by atoms with Crippen LogP contribution in [-0.2, 0) is 19.6 Å². The predicted octanol–water partition coefficient (Wildman–Crippen LogP) is 2.44. The number of nitrogens with one attached hydrogen (secondary N) is 1. The Kier molecular flexibility index (Phi) is 8.96. The first-order valence-corrected chi connectivity index (χ1v) is 12.0. The highest BCUT2D eigenvalue weighted by atomic mass is 32.2. The van der Waals surface area contributed by atoms with Crippen LogP contribution in [0.2, 0.25) is 0 Å². The van der Waals surface area contributed by atoms with Crippen molar-refractivity contribution in [2.24, 2.45) is 0 Å². The van der Waals surface area contributed by atoms with Crippen molar-refractivity contribution < 1.29 is 22.4 Å². The fourth-order valence-electron chi connectivity index (χ4n) is 2.60. The van der Waals surface area contributed by atoms with E-state index >= 15 is 0 Å². The van der Waals surface area contributed by atoms with Gasteiger partial charge in [-0.05, 0) is 36.4 Å². The van der Waals surface area contributed by atoms with Crippen LogP contribution in [0, 0.1) is 5.82 Å². The number of thioether (sulfide) groups is 1. The van der Waals surface area contributed by atoms with Crippen molar-refractivity contribution in [2.75, 3.05) is 37.8 Å². The number of rotatable bonds is 10. The van der Waals surface area contributed by atoms with Gasteiger partial charge < -0.3 is 10.2 Å². The lowest BCUT2D eigenvalue weighted by atomic mass is 10.3. The van der Waals surface area contributed by atoms with Crippen LogP contribution in [0.25, 0.3) is 0 Å². The van der Waals surface area contributed by atoms with E-state index in [0.29, 0.717) is 23.8 Å². The van der Waals surface area contributed by atoms with Gasteiger partial charge in [-0.15, -0.1) is 0 Å². The third-order valence-electron chi connectivity index (χ3n) is 4.33. The van der Waals surface area contributed by atoms with Gasteiger partial charge in [0.25, 0.3) is 0 Å². The average molecular weight is 469 g/mol. The molecule has 1 aromatic carbocycles. The number of benzene rings is 1. The van der Waals surface area contributed by atoms with E-state index in [0.717, 1.165) is 11.8 Å². The van der Waals surface area contributed by atoms with Crippen LogP contribution in [0.3, 0.4) is 0 Å². The van der Waals surface area contributed by atoms with Gasteiger partial charge in [-0.1, -0.05) is 25.6 Å². The van der Waals surface area contributed by atoms with Crippen LogP contribution in [0.1, 0.15) is 13.8 Å². The maximum atomic E-state index is 12.9. The minimum absolute atomic E-state index is 0.0372. The molecule has 11 heteroatoms. The number of amides is 2. The van der Waals surface area contributed by atoms with E-state index < -0.39 is 21.7 Å². The summed E-state index contributed by atoms with van der Waals surface area (Å²) in [4.78, 5) is 29.8. The van der Waals surface area contributed by atoms with E-state index in [9.17, 15) is 22.4 Å². The molecule has 0 unspecified atom stereocenters. The van der Waals surface area contributed by atoms with Crippen molar-refractivity contribution in [3.05, 3.63) is 48.4 Å². The van der Waals surface area contributed by atoms with E-state index in [1.807, 2.05) is 0 Å². The van der Waals surface area contributed by atoms with Gasteiger partial charge in [0, 0.05) is 32.0 Å². The highest BCUT2D eigenvalue weighted by Gasteiger charge is 2.22. The second-order valence-corrected chi connectivity index (χ2v) is 9.45. The highest BCUT2D eigenvalue weighted by molar-refractivity contribution is 7.99. The SMILES string of the molecule is CCN(CC)S(=O)(=O)c1ccc(SCC(=O)N(C)CC(=O)Nc2ccc(F)cc2)nc1. The molecule has 0 aliphatic heterocycles. The number of pyridine rings is 1. The van der Waals surface area contributed by atoms with Crippen molar-refractivity contribution in [3.63, 3.8) is 0 Å². The largest absolute Gasteiger partial charge is 0.336 e. The number of carbonyl (C=O) groups excluding carboxylic acids is 2. The standard InChI is InChI=1S/C20H25FN4O4S2/c1-4-25(5-2)31(28,29)17-10-11-19(22-12-17)30-14-20(27)24(3)13-18(26)23-16-8-6-15(21)7-9-16/h6-12H,4-5,13-14H2,1-3H3,(H,23,26). The number of halogens is 1. The number of hydrogen-bond acceptors (Lipinski definition) is 6. The van der Waals surface area contributed by atoms with Gasteiger partial charge in [0.2, 0.25) is 21.8 Å². The Morgan fingerprint density at radius 1 is 1.10 bits per heavy atom. The molecule has 0 spiro atoms. The van der Waals surface area contributed by atoms with Gasteiger partial charge in [-0.3, -0.25) is 9.59 Å². The highest BCUT2D eigenvalue weighted by Crippen LogP contribution is 2.20. The number of aromatic nitrogens is 1. The third kappa shape index (κ3) is 7.01. The van der Waals surface area contributed by atoms with Gasteiger partial charge >= 0.3 is 0 Å². The van der Waals surface area contributed by atoms with Gasteiger partial charge in [-0.2, -0.15) is 4.31 Å². The first-order valence-electron chi connectivity index (χ1n) is 9.55. The lowest BCUT2D eigenvalue weighted by Gasteiger charge is -2.18. The van der Waals surface area contributed by atoms with Gasteiger partial charge in [0.05, 0.1) is 17.3 Å². The molecule has 2 aromatic rings. The summed E-state index contributed by atoms with van der Waals surface area (Å²) in [7, 11) is -2.08. The topological polar surface area (TPSA) is 99.7 Å². The molecule has 0 radical (unpaired) electrons. The molecular weight excluding hydrogens is 443 g/mol. The maximum absolute atomic E-state index is 12.9. The van der Waals surface area contributed by atoms with Crippen molar-refractivity contribution in [2.45, 2.75) is 23.8 Å². The first-order chi connectivity index (χ1) is 14.7. The predicted molar refractivity (Wildman–Crippen MR) is 118 cm³/mol. The Balaban J connectivity index is 1.87. The van der Waals surface area contributed by atoms with Crippen LogP contribution in [-0.4, -0.2) is 66.9 Å². The quantitative estimate of drug-likeness (QED) is 0.538. The summed E-state index contributed by atoms with van der Waals surface area (Å²) in [6.07, 6.45) is 1.28. The van der Waals surface area contributed by atoms with Gasteiger partial charge in [0.1, 0.15) is 10.7 Å². The second kappa shape index (κ2) is 11.2. The monoisotopic (exact) mass is 468 g/mol. The lowest BCUT2D eigenvalue weighted by molar-refractivity contribution is -0.131. The van der Waals surface area contributed by atoms with Gasteiger partial charge in [0.15, 0.2) is 0 Å². The molecule has 1 heterocycles. The summed E-state index contributed by atoms with van der Waals surface area (Å²) in [5.41, 5.74) is 0.436. The molecule has 2 amide bonds. The Labute approximate surface area is 185 Å². The first kappa shape index (κ1) is 24.8. The zero-order valence-corrected chi connectivity index (χ0v) is 19.2. The average Bonchev–Trinajstić information content (AvgIpc) is 2.74. The van der Waals surface area contributed by atoms with Crippen LogP contribution in [0.5, 0.6) is 0 Å². The molecular formula is C20H25FN4O4S2. The number of nitrogens with zero attached hydrogens (tertiary/aromatic N) is 3. The smallest absolute Gasteiger partial charge is 0.244 e. The molecule has 168 valence electrons. The molecule has 1 N–H and O–H groups in total. The molecule has 0 atom stereocenters. The summed E-state index contributed by atoms with van der Waals surface area (Å²) in [5, 5.41) is 3.08. The normalized spacial score (nSPS) is 11.4. The minimum Gasteiger partial charge on any atom is -0.336 e. The molecule has 0 saturated carbocycles. The van der Waals surface area contributed by atoms with Crippen LogP contribution < -0.4 is 5.32 Å². The van der Waals surface area contributed by atoms with E-state index in [1.165, 1.54) is 52.8 Å². The molecule has 0 saturated heterocycles. The molecule has 0 aliphatic carbocycles. The van der Waals surface area contributed by atoms with E-state index in [1.54, 1.807) is 19.9 Å².